The zero-order valence-corrected chi connectivity index (χ0v) is 23.6. The highest BCUT2D eigenvalue weighted by atomic mass is 35.5. The molecule has 3 amide bonds. The number of aromatic nitrogens is 1. The SMILES string of the molecule is Cc1c(NC(=O)c2ccc(F)cc2)cccc1-c1ccc(C(N)=O)c2[nH]c3cc(NC(=O)c4ccccc4Cl)ccc3c12. The first kappa shape index (κ1) is 27.7. The number of nitrogens with two attached hydrogens (primary N) is 1. The molecular weight excluding hydrogens is 567 g/mol. The molecule has 0 atom stereocenters. The number of carbonyl (C=O) groups excluding carboxylic acids is 3. The van der Waals surface area contributed by atoms with Crippen LogP contribution in [-0.2, 0) is 0 Å². The van der Waals surface area contributed by atoms with Gasteiger partial charge in [0.25, 0.3) is 17.7 Å². The monoisotopic (exact) mass is 590 g/mol. The Hall–Kier alpha value is -5.47. The number of benzene rings is 5. The van der Waals surface area contributed by atoms with E-state index in [1.807, 2.05) is 31.2 Å². The van der Waals surface area contributed by atoms with Crippen molar-refractivity contribution in [1.29, 1.82) is 0 Å². The molecule has 5 aromatic carbocycles. The molecule has 0 saturated heterocycles. The molecule has 0 spiro atoms. The van der Waals surface area contributed by atoms with Crippen LogP contribution in [0.1, 0.15) is 36.6 Å². The minimum Gasteiger partial charge on any atom is -0.366 e. The van der Waals surface area contributed by atoms with Gasteiger partial charge < -0.3 is 21.4 Å². The van der Waals surface area contributed by atoms with Gasteiger partial charge in [0.15, 0.2) is 0 Å². The van der Waals surface area contributed by atoms with Crippen molar-refractivity contribution >= 4 is 62.5 Å². The fourth-order valence-electron chi connectivity index (χ4n) is 5.22. The van der Waals surface area contributed by atoms with Crippen LogP contribution in [0.2, 0.25) is 5.02 Å². The Balaban J connectivity index is 1.43. The van der Waals surface area contributed by atoms with Crippen molar-refractivity contribution in [2.24, 2.45) is 5.73 Å². The zero-order chi connectivity index (χ0) is 30.2. The van der Waals surface area contributed by atoms with Crippen LogP contribution in [0.25, 0.3) is 32.9 Å². The number of anilines is 2. The summed E-state index contributed by atoms with van der Waals surface area (Å²) in [5.74, 6) is -1.73. The third-order valence-corrected chi connectivity index (χ3v) is 7.70. The fraction of sp³-hybridized carbons (Fsp3) is 0.0294. The molecule has 1 heterocycles. The number of halogens is 2. The molecule has 6 rings (SSSR count). The summed E-state index contributed by atoms with van der Waals surface area (Å²) in [7, 11) is 0. The molecule has 0 aliphatic carbocycles. The predicted octanol–water partition coefficient (Wildman–Crippen LogP) is 7.69. The number of rotatable bonds is 6. The lowest BCUT2D eigenvalue weighted by molar-refractivity contribution is 0.0997. The summed E-state index contributed by atoms with van der Waals surface area (Å²) in [6.45, 7) is 1.89. The third kappa shape index (κ3) is 5.20. The van der Waals surface area contributed by atoms with Crippen molar-refractivity contribution in [1.82, 2.24) is 4.98 Å². The third-order valence-electron chi connectivity index (χ3n) is 7.37. The number of carbonyl (C=O) groups is 3. The van der Waals surface area contributed by atoms with Crippen LogP contribution in [0.5, 0.6) is 0 Å². The average molecular weight is 591 g/mol. The summed E-state index contributed by atoms with van der Waals surface area (Å²) in [6, 6.07) is 26.6. The van der Waals surface area contributed by atoms with Crippen LogP contribution in [0.3, 0.4) is 0 Å². The Morgan fingerprint density at radius 1 is 0.791 bits per heavy atom. The van der Waals surface area contributed by atoms with Crippen molar-refractivity contribution < 1.29 is 18.8 Å². The van der Waals surface area contributed by atoms with E-state index in [2.05, 4.69) is 15.6 Å². The van der Waals surface area contributed by atoms with Crippen LogP contribution in [0.4, 0.5) is 15.8 Å². The van der Waals surface area contributed by atoms with Gasteiger partial charge in [0.2, 0.25) is 0 Å². The van der Waals surface area contributed by atoms with Crippen LogP contribution < -0.4 is 16.4 Å². The quantitative estimate of drug-likeness (QED) is 0.159. The van der Waals surface area contributed by atoms with E-state index in [0.29, 0.717) is 44.1 Å². The number of hydrogen-bond donors (Lipinski definition) is 4. The molecule has 0 aliphatic rings. The Labute approximate surface area is 250 Å². The highest BCUT2D eigenvalue weighted by molar-refractivity contribution is 6.34. The number of nitrogens with one attached hydrogen (secondary N) is 3. The number of primary amides is 1. The number of hydrogen-bond acceptors (Lipinski definition) is 3. The van der Waals surface area contributed by atoms with Crippen LogP contribution >= 0.6 is 11.6 Å². The van der Waals surface area contributed by atoms with Crippen molar-refractivity contribution in [3.05, 3.63) is 130 Å². The molecule has 5 N–H and O–H groups in total. The number of H-pyrrole nitrogens is 1. The second-order valence-electron chi connectivity index (χ2n) is 10.0. The van der Waals surface area contributed by atoms with Crippen LogP contribution in [0.15, 0.2) is 97.1 Å². The normalized spacial score (nSPS) is 11.0. The molecule has 43 heavy (non-hydrogen) atoms. The van der Waals surface area contributed by atoms with Gasteiger partial charge in [0, 0.05) is 33.2 Å². The van der Waals surface area contributed by atoms with Crippen molar-refractivity contribution in [2.75, 3.05) is 10.6 Å². The number of aromatic amines is 1. The van der Waals surface area contributed by atoms with Gasteiger partial charge in [0.1, 0.15) is 5.82 Å². The zero-order valence-electron chi connectivity index (χ0n) is 22.8. The first-order valence-electron chi connectivity index (χ1n) is 13.3. The van der Waals surface area contributed by atoms with E-state index in [1.165, 1.54) is 24.3 Å². The number of amides is 3. The van der Waals surface area contributed by atoms with Gasteiger partial charge in [-0.15, -0.1) is 0 Å². The van der Waals surface area contributed by atoms with E-state index in [0.717, 1.165) is 27.5 Å². The minimum atomic E-state index is -0.590. The first-order valence-corrected chi connectivity index (χ1v) is 13.7. The van der Waals surface area contributed by atoms with Gasteiger partial charge in [-0.2, -0.15) is 0 Å². The second kappa shape index (κ2) is 11.1. The summed E-state index contributed by atoms with van der Waals surface area (Å²) in [5.41, 5.74) is 11.5. The predicted molar refractivity (Wildman–Crippen MR) is 168 cm³/mol. The van der Waals surface area contributed by atoms with E-state index in [4.69, 9.17) is 17.3 Å². The van der Waals surface area contributed by atoms with Gasteiger partial charge in [-0.3, -0.25) is 14.4 Å². The molecule has 0 aliphatic heterocycles. The summed E-state index contributed by atoms with van der Waals surface area (Å²) in [6.07, 6.45) is 0. The summed E-state index contributed by atoms with van der Waals surface area (Å²) < 4.78 is 13.3. The molecule has 0 saturated carbocycles. The Bertz CT molecular complexity index is 2090. The molecule has 0 bridgehead atoms. The first-order chi connectivity index (χ1) is 20.7. The minimum absolute atomic E-state index is 0.315. The molecule has 212 valence electrons. The molecule has 7 nitrogen and oxygen atoms in total. The van der Waals surface area contributed by atoms with Crippen molar-refractivity contribution in [3.63, 3.8) is 0 Å². The highest BCUT2D eigenvalue weighted by Crippen LogP contribution is 2.39. The molecule has 0 radical (unpaired) electrons. The van der Waals surface area contributed by atoms with Gasteiger partial charge >= 0.3 is 0 Å². The summed E-state index contributed by atoms with van der Waals surface area (Å²) >= 11 is 6.20. The van der Waals surface area contributed by atoms with E-state index >= 15 is 0 Å². The van der Waals surface area contributed by atoms with Crippen LogP contribution in [0, 0.1) is 12.7 Å². The average Bonchev–Trinajstić information content (AvgIpc) is 3.37. The Kier molecular flexibility index (Phi) is 7.13. The van der Waals surface area contributed by atoms with E-state index < -0.39 is 11.7 Å². The van der Waals surface area contributed by atoms with Crippen molar-refractivity contribution in [2.45, 2.75) is 6.92 Å². The van der Waals surface area contributed by atoms with E-state index in [9.17, 15) is 18.8 Å². The Morgan fingerprint density at radius 2 is 1.56 bits per heavy atom. The molecular formula is C34H24ClFN4O3. The lowest BCUT2D eigenvalue weighted by atomic mass is 9.93. The lowest BCUT2D eigenvalue weighted by Crippen LogP contribution is -2.13. The summed E-state index contributed by atoms with van der Waals surface area (Å²) in [4.78, 5) is 41.5. The maximum absolute atomic E-state index is 13.3. The van der Waals surface area contributed by atoms with Crippen molar-refractivity contribution in [3.8, 4) is 11.1 Å². The maximum atomic E-state index is 13.3. The highest BCUT2D eigenvalue weighted by Gasteiger charge is 2.20. The maximum Gasteiger partial charge on any atom is 0.257 e. The molecule has 6 aromatic rings. The lowest BCUT2D eigenvalue weighted by Gasteiger charge is -2.15. The molecule has 0 fully saturated rings. The van der Waals surface area contributed by atoms with Crippen LogP contribution in [-0.4, -0.2) is 22.7 Å². The van der Waals surface area contributed by atoms with Gasteiger partial charge in [-0.1, -0.05) is 48.0 Å². The standard InChI is InChI=1S/C34H24ClFN4O3/c1-18-22(6-4-8-28(18)40-33(42)19-9-11-20(36)12-10-19)23-15-16-26(32(37)41)31-30(23)25-14-13-21(17-29(25)39-31)38-34(43)24-5-2-3-7-27(24)35/h2-17,39H,1H3,(H2,37,41)(H,38,43)(H,40,42). The van der Waals surface area contributed by atoms with E-state index in [-0.39, 0.29) is 11.8 Å². The molecule has 0 unspecified atom stereocenters. The largest absolute Gasteiger partial charge is 0.366 e. The van der Waals surface area contributed by atoms with Gasteiger partial charge in [-0.05, 0) is 84.3 Å². The Morgan fingerprint density at radius 3 is 2.30 bits per heavy atom. The van der Waals surface area contributed by atoms with Gasteiger partial charge in [-0.25, -0.2) is 4.39 Å². The number of fused-ring (bicyclic) bond motifs is 3. The molecule has 1 aromatic heterocycles. The van der Waals surface area contributed by atoms with Gasteiger partial charge in [0.05, 0.1) is 21.7 Å². The summed E-state index contributed by atoms with van der Waals surface area (Å²) in [5, 5.41) is 7.70. The van der Waals surface area contributed by atoms with E-state index in [1.54, 1.807) is 48.5 Å². The topological polar surface area (TPSA) is 117 Å². The second-order valence-corrected chi connectivity index (χ2v) is 10.4. The smallest absolute Gasteiger partial charge is 0.257 e. The molecule has 9 heteroatoms. The fourth-order valence-corrected chi connectivity index (χ4v) is 5.44.